The number of hydrogen-bond donors (Lipinski definition) is 1. The lowest BCUT2D eigenvalue weighted by atomic mass is 10.00. The van der Waals surface area contributed by atoms with E-state index in [0.717, 1.165) is 16.7 Å². The van der Waals surface area contributed by atoms with Gasteiger partial charge in [0.2, 0.25) is 5.91 Å². The molecule has 1 amide bonds. The molecule has 0 saturated heterocycles. The molecule has 7 heteroatoms. The molecule has 1 aromatic heterocycles. The fourth-order valence-electron chi connectivity index (χ4n) is 2.61. The van der Waals surface area contributed by atoms with E-state index in [2.05, 4.69) is 21.3 Å². The quantitative estimate of drug-likeness (QED) is 0.631. The number of anilines is 1. The summed E-state index contributed by atoms with van der Waals surface area (Å²) in [6, 6.07) is 3.55. The Hall–Kier alpha value is -2.96. The van der Waals surface area contributed by atoms with Crippen molar-refractivity contribution in [3.8, 4) is 0 Å². The van der Waals surface area contributed by atoms with Crippen LogP contribution >= 0.6 is 0 Å². The molecule has 0 bridgehead atoms. The molecule has 0 unspecified atom stereocenters. The van der Waals surface area contributed by atoms with Crippen molar-refractivity contribution in [1.82, 2.24) is 9.88 Å². The fraction of sp³-hybridized carbons (Fsp3) is 0.333. The minimum absolute atomic E-state index is 0.0487. The largest absolute Gasteiger partial charge is 0.469 e. The minimum Gasteiger partial charge on any atom is -0.469 e. The Morgan fingerprint density at radius 3 is 2.80 bits per heavy atom. The van der Waals surface area contributed by atoms with E-state index in [1.54, 1.807) is 30.3 Å². The van der Waals surface area contributed by atoms with Crippen LogP contribution in [0.4, 0.5) is 5.82 Å². The van der Waals surface area contributed by atoms with E-state index in [1.807, 2.05) is 6.07 Å². The molecule has 0 fully saturated rings. The second kappa shape index (κ2) is 8.23. The molecule has 7 nitrogen and oxygen atoms in total. The van der Waals surface area contributed by atoms with Crippen molar-refractivity contribution >= 4 is 29.5 Å². The van der Waals surface area contributed by atoms with E-state index in [1.165, 1.54) is 7.11 Å². The lowest BCUT2D eigenvalue weighted by molar-refractivity contribution is -0.143. The molecule has 25 heavy (non-hydrogen) atoms. The van der Waals surface area contributed by atoms with Gasteiger partial charge >= 0.3 is 5.97 Å². The average molecular weight is 342 g/mol. The summed E-state index contributed by atoms with van der Waals surface area (Å²) in [5.74, 6) is 0.432. The van der Waals surface area contributed by atoms with Crippen molar-refractivity contribution in [2.24, 2.45) is 4.99 Å². The standard InChI is InChI=1S/C18H22N4O3/c1-4-20-18-14(12(2)13-5-6-15(19)21-11-13)9-10-22(18)16(23)7-8-17(24)25-3/h4-6,11H,2,7-10H2,1,3H3,(H2,19,21). The van der Waals surface area contributed by atoms with Crippen LogP contribution in [0.15, 0.2) is 41.3 Å². The first-order valence-electron chi connectivity index (χ1n) is 7.98. The van der Waals surface area contributed by atoms with Crippen LogP contribution in [0.5, 0.6) is 0 Å². The van der Waals surface area contributed by atoms with Crippen LogP contribution in [-0.2, 0) is 14.3 Å². The zero-order valence-electron chi connectivity index (χ0n) is 14.5. The Balaban J connectivity index is 2.24. The highest BCUT2D eigenvalue weighted by Crippen LogP contribution is 2.34. The highest BCUT2D eigenvalue weighted by molar-refractivity contribution is 5.86. The van der Waals surface area contributed by atoms with Gasteiger partial charge in [0, 0.05) is 31.0 Å². The summed E-state index contributed by atoms with van der Waals surface area (Å²) in [6.07, 6.45) is 4.06. The van der Waals surface area contributed by atoms with Gasteiger partial charge in [-0.05, 0) is 36.6 Å². The van der Waals surface area contributed by atoms with Crippen LogP contribution < -0.4 is 5.73 Å². The van der Waals surface area contributed by atoms with Gasteiger partial charge in [-0.3, -0.25) is 14.5 Å². The number of aromatic nitrogens is 1. The van der Waals surface area contributed by atoms with Crippen molar-refractivity contribution in [3.63, 3.8) is 0 Å². The fourth-order valence-corrected chi connectivity index (χ4v) is 2.61. The number of amides is 1. The van der Waals surface area contributed by atoms with Crippen molar-refractivity contribution < 1.29 is 14.3 Å². The number of ether oxygens (including phenoxy) is 1. The molecule has 0 aliphatic carbocycles. The molecule has 1 aliphatic rings. The number of allylic oxidation sites excluding steroid dienone is 1. The number of nitrogens with two attached hydrogens (primary N) is 1. The number of nitrogens with zero attached hydrogens (tertiary/aromatic N) is 3. The molecule has 1 aliphatic heterocycles. The minimum atomic E-state index is -0.408. The van der Waals surface area contributed by atoms with E-state index >= 15 is 0 Å². The van der Waals surface area contributed by atoms with E-state index in [0.29, 0.717) is 24.6 Å². The van der Waals surface area contributed by atoms with Gasteiger partial charge in [-0.15, -0.1) is 0 Å². The van der Waals surface area contributed by atoms with Gasteiger partial charge in [-0.1, -0.05) is 6.58 Å². The van der Waals surface area contributed by atoms with Crippen LogP contribution in [0.25, 0.3) is 5.57 Å². The maximum atomic E-state index is 12.5. The zero-order valence-corrected chi connectivity index (χ0v) is 14.5. The molecule has 1 aromatic rings. The van der Waals surface area contributed by atoms with Crippen molar-refractivity contribution in [2.75, 3.05) is 19.4 Å². The van der Waals surface area contributed by atoms with E-state index < -0.39 is 5.97 Å². The maximum absolute atomic E-state index is 12.5. The third-order valence-electron chi connectivity index (χ3n) is 3.93. The van der Waals surface area contributed by atoms with Crippen LogP contribution in [-0.4, -0.2) is 41.6 Å². The molecule has 0 radical (unpaired) electrons. The number of hydrogen-bond acceptors (Lipinski definition) is 6. The van der Waals surface area contributed by atoms with Crippen molar-refractivity contribution in [3.05, 3.63) is 41.9 Å². The summed E-state index contributed by atoms with van der Waals surface area (Å²) >= 11 is 0. The molecule has 132 valence electrons. The van der Waals surface area contributed by atoms with Crippen LogP contribution in [0, 0.1) is 0 Å². The molecule has 2 heterocycles. The molecule has 2 N–H and O–H groups in total. The first kappa shape index (κ1) is 18.4. The number of methoxy groups -OCH3 is 1. The number of carbonyl (C=O) groups is 2. The lowest BCUT2D eigenvalue weighted by Gasteiger charge is -2.17. The van der Waals surface area contributed by atoms with Crippen molar-refractivity contribution in [2.45, 2.75) is 26.2 Å². The highest BCUT2D eigenvalue weighted by atomic mass is 16.5. The molecular formula is C18H22N4O3. The first-order chi connectivity index (χ1) is 12.0. The Labute approximate surface area is 146 Å². The summed E-state index contributed by atoms with van der Waals surface area (Å²) in [6.45, 7) is 6.41. The predicted octanol–water partition coefficient (Wildman–Crippen LogP) is 2.16. The Bertz CT molecular complexity index is 735. The number of esters is 1. The van der Waals surface area contributed by atoms with Crippen LogP contribution in [0.3, 0.4) is 0 Å². The lowest BCUT2D eigenvalue weighted by Crippen LogP contribution is -2.27. The number of rotatable bonds is 6. The van der Waals surface area contributed by atoms with E-state index in [9.17, 15) is 9.59 Å². The van der Waals surface area contributed by atoms with Gasteiger partial charge in [0.05, 0.1) is 13.5 Å². The summed E-state index contributed by atoms with van der Waals surface area (Å²) < 4.78 is 4.58. The normalized spacial score (nSPS) is 14.2. The maximum Gasteiger partial charge on any atom is 0.306 e. The van der Waals surface area contributed by atoms with E-state index in [4.69, 9.17) is 5.73 Å². The smallest absolute Gasteiger partial charge is 0.306 e. The van der Waals surface area contributed by atoms with Gasteiger partial charge in [0.1, 0.15) is 11.6 Å². The summed E-state index contributed by atoms with van der Waals surface area (Å²) in [5.41, 5.74) is 8.10. The van der Waals surface area contributed by atoms with Gasteiger partial charge in [0.15, 0.2) is 0 Å². The second-order valence-corrected chi connectivity index (χ2v) is 5.51. The molecule has 0 spiro atoms. The Kier molecular flexibility index (Phi) is 6.05. The third-order valence-corrected chi connectivity index (χ3v) is 3.93. The Morgan fingerprint density at radius 2 is 2.20 bits per heavy atom. The molecule has 2 rings (SSSR count). The summed E-state index contributed by atoms with van der Waals surface area (Å²) in [7, 11) is 1.30. The van der Waals surface area contributed by atoms with Gasteiger partial charge in [-0.2, -0.15) is 0 Å². The molecular weight excluding hydrogens is 320 g/mol. The molecule has 0 aromatic carbocycles. The van der Waals surface area contributed by atoms with Gasteiger partial charge in [0.25, 0.3) is 0 Å². The SMILES string of the molecule is C=C(C1=C(N=CC)N(C(=O)CCC(=O)OC)CC1)c1ccc(N)nc1. The first-order valence-corrected chi connectivity index (χ1v) is 7.98. The van der Waals surface area contributed by atoms with Gasteiger partial charge < -0.3 is 10.5 Å². The molecule has 0 atom stereocenters. The summed E-state index contributed by atoms with van der Waals surface area (Å²) in [5, 5.41) is 0. The molecule has 0 saturated carbocycles. The average Bonchev–Trinajstić information content (AvgIpc) is 3.03. The second-order valence-electron chi connectivity index (χ2n) is 5.51. The monoisotopic (exact) mass is 342 g/mol. The zero-order chi connectivity index (χ0) is 18.4. The van der Waals surface area contributed by atoms with Crippen LogP contribution in [0.2, 0.25) is 0 Å². The topological polar surface area (TPSA) is 97.9 Å². The number of aliphatic imine (C=N–C) groups is 1. The van der Waals surface area contributed by atoms with Crippen LogP contribution in [0.1, 0.15) is 31.7 Å². The highest BCUT2D eigenvalue weighted by Gasteiger charge is 2.29. The van der Waals surface area contributed by atoms with E-state index in [-0.39, 0.29) is 18.7 Å². The van der Waals surface area contributed by atoms with Crippen molar-refractivity contribution in [1.29, 1.82) is 0 Å². The van der Waals surface area contributed by atoms with Gasteiger partial charge in [-0.25, -0.2) is 9.98 Å². The number of pyridine rings is 1. The third kappa shape index (κ3) is 4.32. The number of carbonyl (C=O) groups excluding carboxylic acids is 2. The number of nitrogen functional groups attached to an aromatic ring is 1. The Morgan fingerprint density at radius 1 is 1.44 bits per heavy atom. The summed E-state index contributed by atoms with van der Waals surface area (Å²) in [4.78, 5) is 33.7. The predicted molar refractivity (Wildman–Crippen MR) is 96.5 cm³/mol.